The van der Waals surface area contributed by atoms with Gasteiger partial charge in [-0.15, -0.1) is 0 Å². The molecule has 33 heavy (non-hydrogen) atoms. The van der Waals surface area contributed by atoms with Crippen molar-refractivity contribution in [3.8, 4) is 0 Å². The first-order chi connectivity index (χ1) is 15.6. The van der Waals surface area contributed by atoms with E-state index in [1.807, 2.05) is 11.8 Å². The number of carbonyl (C=O) groups excluding carboxylic acids is 1. The molecule has 1 aromatic heterocycles. The molecule has 1 aliphatic rings. The third kappa shape index (κ3) is 7.02. The quantitative estimate of drug-likeness (QED) is 0.570. The predicted molar refractivity (Wildman–Crippen MR) is 137 cm³/mol. The summed E-state index contributed by atoms with van der Waals surface area (Å²) in [7, 11) is 0. The maximum absolute atomic E-state index is 12.9. The first kappa shape index (κ1) is 25.2. The molecule has 0 spiro atoms. The Balaban J connectivity index is 1.72. The molecule has 0 aliphatic carbocycles. The van der Waals surface area contributed by atoms with Gasteiger partial charge in [0.05, 0.1) is 0 Å². The summed E-state index contributed by atoms with van der Waals surface area (Å²) in [4.78, 5) is 27.0. The Hall–Kier alpha value is -2.43. The van der Waals surface area contributed by atoms with Crippen molar-refractivity contribution in [1.29, 1.82) is 0 Å². The van der Waals surface area contributed by atoms with Gasteiger partial charge in [0.1, 0.15) is 11.6 Å². The van der Waals surface area contributed by atoms with Crippen LogP contribution >= 0.6 is 0 Å². The molecule has 1 unspecified atom stereocenters. The van der Waals surface area contributed by atoms with Gasteiger partial charge in [0.2, 0.25) is 5.91 Å². The van der Waals surface area contributed by atoms with E-state index in [4.69, 9.17) is 9.97 Å². The Bertz CT molecular complexity index is 938. The number of anilines is 1. The molecular formula is C28H42N4O. The SMILES string of the molecule is CCc1nc(C)nc(N2CCN(C(=O)CC(C)CC(C)(C)C)CC2)c1Cc1ccc(C)cc1. The van der Waals surface area contributed by atoms with Crippen LogP contribution in [-0.2, 0) is 17.6 Å². The van der Waals surface area contributed by atoms with Gasteiger partial charge in [-0.3, -0.25) is 4.79 Å². The number of amides is 1. The van der Waals surface area contributed by atoms with E-state index in [1.165, 1.54) is 16.7 Å². The first-order valence-electron chi connectivity index (χ1n) is 12.5. The van der Waals surface area contributed by atoms with Crippen LogP contribution in [0.4, 0.5) is 5.82 Å². The number of benzene rings is 1. The molecule has 0 saturated carbocycles. The highest BCUT2D eigenvalue weighted by Gasteiger charge is 2.26. The van der Waals surface area contributed by atoms with Crippen LogP contribution in [0, 0.1) is 25.2 Å². The summed E-state index contributed by atoms with van der Waals surface area (Å²) in [6, 6.07) is 8.74. The van der Waals surface area contributed by atoms with Gasteiger partial charge >= 0.3 is 0 Å². The van der Waals surface area contributed by atoms with E-state index in [9.17, 15) is 4.79 Å². The summed E-state index contributed by atoms with van der Waals surface area (Å²) in [5.41, 5.74) is 5.17. The first-order valence-corrected chi connectivity index (χ1v) is 12.5. The van der Waals surface area contributed by atoms with Gasteiger partial charge < -0.3 is 9.80 Å². The van der Waals surface area contributed by atoms with Crippen LogP contribution in [0.3, 0.4) is 0 Å². The molecule has 0 bridgehead atoms. The highest BCUT2D eigenvalue weighted by molar-refractivity contribution is 5.76. The molecule has 1 atom stereocenters. The smallest absolute Gasteiger partial charge is 0.222 e. The Morgan fingerprint density at radius 3 is 2.24 bits per heavy atom. The third-order valence-corrected chi connectivity index (χ3v) is 6.43. The van der Waals surface area contributed by atoms with Gasteiger partial charge in [-0.05, 0) is 43.6 Å². The zero-order valence-electron chi connectivity index (χ0n) is 21.7. The number of hydrogen-bond acceptors (Lipinski definition) is 4. The van der Waals surface area contributed by atoms with Crippen LogP contribution in [0.5, 0.6) is 0 Å². The number of carbonyl (C=O) groups is 1. The fourth-order valence-electron chi connectivity index (χ4n) is 5.00. The normalized spacial score (nSPS) is 15.6. The van der Waals surface area contributed by atoms with Crippen molar-refractivity contribution in [3.05, 3.63) is 52.5 Å². The van der Waals surface area contributed by atoms with E-state index in [0.717, 1.165) is 62.8 Å². The maximum atomic E-state index is 12.9. The van der Waals surface area contributed by atoms with Gasteiger partial charge in [-0.25, -0.2) is 9.97 Å². The molecule has 2 heterocycles. The van der Waals surface area contributed by atoms with E-state index in [-0.39, 0.29) is 5.41 Å². The number of aryl methyl sites for hydroxylation is 3. The minimum absolute atomic E-state index is 0.258. The van der Waals surface area contributed by atoms with Gasteiger partial charge in [-0.1, -0.05) is 64.4 Å². The summed E-state index contributed by atoms with van der Waals surface area (Å²) in [5.74, 6) is 2.57. The molecule has 5 nitrogen and oxygen atoms in total. The lowest BCUT2D eigenvalue weighted by Gasteiger charge is -2.37. The zero-order valence-corrected chi connectivity index (χ0v) is 21.7. The van der Waals surface area contributed by atoms with Crippen molar-refractivity contribution in [3.63, 3.8) is 0 Å². The molecule has 1 aliphatic heterocycles. The molecule has 3 rings (SSSR count). The topological polar surface area (TPSA) is 49.3 Å². The van der Waals surface area contributed by atoms with Crippen LogP contribution < -0.4 is 4.90 Å². The minimum Gasteiger partial charge on any atom is -0.353 e. The number of nitrogens with zero attached hydrogens (tertiary/aromatic N) is 4. The summed E-state index contributed by atoms with van der Waals surface area (Å²) >= 11 is 0. The number of aromatic nitrogens is 2. The molecule has 2 aromatic rings. The molecule has 0 radical (unpaired) electrons. The molecular weight excluding hydrogens is 408 g/mol. The van der Waals surface area contributed by atoms with E-state index >= 15 is 0 Å². The molecule has 1 fully saturated rings. The maximum Gasteiger partial charge on any atom is 0.222 e. The zero-order chi connectivity index (χ0) is 24.2. The predicted octanol–water partition coefficient (Wildman–Crippen LogP) is 5.36. The Labute approximate surface area is 200 Å². The minimum atomic E-state index is 0.258. The molecule has 0 N–H and O–H groups in total. The van der Waals surface area contributed by atoms with Crippen LogP contribution in [0.15, 0.2) is 24.3 Å². The Kier molecular flexibility index (Phi) is 8.14. The van der Waals surface area contributed by atoms with Crippen LogP contribution in [0.1, 0.15) is 75.7 Å². The van der Waals surface area contributed by atoms with Crippen LogP contribution in [-0.4, -0.2) is 47.0 Å². The second kappa shape index (κ2) is 10.7. The summed E-state index contributed by atoms with van der Waals surface area (Å²) < 4.78 is 0. The molecule has 1 amide bonds. The van der Waals surface area contributed by atoms with Crippen LogP contribution in [0.25, 0.3) is 0 Å². The van der Waals surface area contributed by atoms with Crippen molar-refractivity contribution >= 4 is 11.7 Å². The lowest BCUT2D eigenvalue weighted by Crippen LogP contribution is -2.49. The lowest BCUT2D eigenvalue weighted by molar-refractivity contribution is -0.132. The summed E-state index contributed by atoms with van der Waals surface area (Å²) in [6.45, 7) is 18.4. The highest BCUT2D eigenvalue weighted by Crippen LogP contribution is 2.28. The average molecular weight is 451 g/mol. The summed E-state index contributed by atoms with van der Waals surface area (Å²) in [6.07, 6.45) is 3.44. The fourth-order valence-corrected chi connectivity index (χ4v) is 5.00. The number of rotatable bonds is 7. The third-order valence-electron chi connectivity index (χ3n) is 6.43. The molecule has 1 aromatic carbocycles. The van der Waals surface area contributed by atoms with E-state index in [2.05, 4.69) is 70.7 Å². The second-order valence-corrected chi connectivity index (χ2v) is 11.0. The molecule has 180 valence electrons. The molecule has 5 heteroatoms. The highest BCUT2D eigenvalue weighted by atomic mass is 16.2. The van der Waals surface area contributed by atoms with Crippen molar-refractivity contribution in [2.24, 2.45) is 11.3 Å². The van der Waals surface area contributed by atoms with E-state index in [0.29, 0.717) is 18.2 Å². The monoisotopic (exact) mass is 450 g/mol. The van der Waals surface area contributed by atoms with Gasteiger partial charge in [-0.2, -0.15) is 0 Å². The lowest BCUT2D eigenvalue weighted by atomic mass is 9.84. The van der Waals surface area contributed by atoms with Crippen molar-refractivity contribution < 1.29 is 4.79 Å². The molecule has 1 saturated heterocycles. The van der Waals surface area contributed by atoms with E-state index < -0.39 is 0 Å². The summed E-state index contributed by atoms with van der Waals surface area (Å²) in [5, 5.41) is 0. The number of piperazine rings is 1. The fraction of sp³-hybridized carbons (Fsp3) is 0.607. The van der Waals surface area contributed by atoms with Gasteiger partial charge in [0, 0.05) is 50.3 Å². The standard InChI is InChI=1S/C28H42N4O/c1-8-25-24(18-23-11-9-20(2)10-12-23)27(30-22(4)29-25)32-15-13-31(14-16-32)26(33)17-21(3)19-28(5,6)7/h9-12,21H,8,13-19H2,1-7H3. The largest absolute Gasteiger partial charge is 0.353 e. The number of hydrogen-bond donors (Lipinski definition) is 0. The van der Waals surface area contributed by atoms with Crippen LogP contribution in [0.2, 0.25) is 0 Å². The van der Waals surface area contributed by atoms with Gasteiger partial charge in [0.25, 0.3) is 0 Å². The second-order valence-electron chi connectivity index (χ2n) is 11.0. The van der Waals surface area contributed by atoms with Crippen molar-refractivity contribution in [2.75, 3.05) is 31.1 Å². The Morgan fingerprint density at radius 2 is 1.67 bits per heavy atom. The van der Waals surface area contributed by atoms with Crippen molar-refractivity contribution in [2.45, 2.75) is 74.1 Å². The van der Waals surface area contributed by atoms with Gasteiger partial charge in [0.15, 0.2) is 0 Å². The van der Waals surface area contributed by atoms with Crippen molar-refractivity contribution in [1.82, 2.24) is 14.9 Å². The Morgan fingerprint density at radius 1 is 1.03 bits per heavy atom. The average Bonchev–Trinajstić information content (AvgIpc) is 2.74. The van der Waals surface area contributed by atoms with E-state index in [1.54, 1.807) is 0 Å².